The number of urea groups is 1. The van der Waals surface area contributed by atoms with Crippen LogP contribution in [0.5, 0.6) is 11.5 Å². The van der Waals surface area contributed by atoms with Crippen LogP contribution in [-0.4, -0.2) is 55.1 Å². The van der Waals surface area contributed by atoms with Gasteiger partial charge in [-0.3, -0.25) is 14.5 Å². The van der Waals surface area contributed by atoms with Crippen LogP contribution in [0.2, 0.25) is 0 Å². The SMILES string of the molecule is CCOc1ccc(CCNC(=O)CN2C(=O)NC(Cc3ccccc3)C2=O)cc1OCC. The van der Waals surface area contributed by atoms with Crippen LogP contribution in [-0.2, 0) is 22.4 Å². The first kappa shape index (κ1) is 23.1. The summed E-state index contributed by atoms with van der Waals surface area (Å²) < 4.78 is 11.2. The number of carbonyl (C=O) groups excluding carboxylic acids is 3. The zero-order valence-electron chi connectivity index (χ0n) is 18.4. The third-order valence-electron chi connectivity index (χ3n) is 5.04. The van der Waals surface area contributed by atoms with E-state index in [1.54, 1.807) is 0 Å². The largest absolute Gasteiger partial charge is 0.490 e. The molecule has 2 N–H and O–H groups in total. The van der Waals surface area contributed by atoms with Crippen molar-refractivity contribution in [2.75, 3.05) is 26.3 Å². The molecule has 2 aromatic carbocycles. The molecule has 170 valence electrons. The number of benzene rings is 2. The minimum Gasteiger partial charge on any atom is -0.490 e. The van der Waals surface area contributed by atoms with Crippen LogP contribution >= 0.6 is 0 Å². The third-order valence-corrected chi connectivity index (χ3v) is 5.04. The molecular weight excluding hydrogens is 410 g/mol. The number of ether oxygens (including phenoxy) is 2. The van der Waals surface area contributed by atoms with E-state index in [2.05, 4.69) is 10.6 Å². The Kier molecular flexibility index (Phi) is 8.08. The van der Waals surface area contributed by atoms with E-state index in [9.17, 15) is 14.4 Å². The first-order chi connectivity index (χ1) is 15.5. The predicted octanol–water partition coefficient (Wildman–Crippen LogP) is 2.31. The van der Waals surface area contributed by atoms with Crippen molar-refractivity contribution in [3.63, 3.8) is 0 Å². The van der Waals surface area contributed by atoms with Crippen LogP contribution in [0, 0.1) is 0 Å². The average molecular weight is 440 g/mol. The second-order valence-corrected chi connectivity index (χ2v) is 7.36. The topological polar surface area (TPSA) is 97.0 Å². The smallest absolute Gasteiger partial charge is 0.325 e. The van der Waals surface area contributed by atoms with Crippen molar-refractivity contribution in [2.24, 2.45) is 0 Å². The van der Waals surface area contributed by atoms with Crippen LogP contribution < -0.4 is 20.1 Å². The summed E-state index contributed by atoms with van der Waals surface area (Å²) in [6.07, 6.45) is 0.971. The van der Waals surface area contributed by atoms with Gasteiger partial charge in [0.1, 0.15) is 12.6 Å². The number of nitrogens with zero attached hydrogens (tertiary/aromatic N) is 1. The molecule has 1 aliphatic rings. The van der Waals surface area contributed by atoms with Gasteiger partial charge in [-0.15, -0.1) is 0 Å². The van der Waals surface area contributed by atoms with Crippen molar-refractivity contribution in [2.45, 2.75) is 32.7 Å². The average Bonchev–Trinajstić information content (AvgIpc) is 3.04. The van der Waals surface area contributed by atoms with Gasteiger partial charge in [0, 0.05) is 13.0 Å². The summed E-state index contributed by atoms with van der Waals surface area (Å²) >= 11 is 0. The number of imide groups is 1. The number of carbonyl (C=O) groups is 3. The summed E-state index contributed by atoms with van der Waals surface area (Å²) in [4.78, 5) is 38.1. The van der Waals surface area contributed by atoms with Crippen molar-refractivity contribution in [1.29, 1.82) is 0 Å². The van der Waals surface area contributed by atoms with Crippen LogP contribution in [0.3, 0.4) is 0 Å². The van der Waals surface area contributed by atoms with E-state index < -0.39 is 12.1 Å². The molecule has 1 saturated heterocycles. The van der Waals surface area contributed by atoms with Crippen LogP contribution in [0.1, 0.15) is 25.0 Å². The molecule has 2 aromatic rings. The highest BCUT2D eigenvalue weighted by Crippen LogP contribution is 2.28. The Morgan fingerprint density at radius 3 is 2.44 bits per heavy atom. The molecule has 8 heteroatoms. The number of hydrogen-bond donors (Lipinski definition) is 2. The fraction of sp³-hybridized carbons (Fsp3) is 0.375. The Morgan fingerprint density at radius 1 is 1.00 bits per heavy atom. The lowest BCUT2D eigenvalue weighted by Gasteiger charge is -2.14. The van der Waals surface area contributed by atoms with E-state index in [1.807, 2.05) is 62.4 Å². The van der Waals surface area contributed by atoms with Gasteiger partial charge in [0.15, 0.2) is 11.5 Å². The van der Waals surface area contributed by atoms with Gasteiger partial charge in [-0.05, 0) is 43.5 Å². The van der Waals surface area contributed by atoms with Crippen molar-refractivity contribution in [3.8, 4) is 11.5 Å². The number of hydrogen-bond acceptors (Lipinski definition) is 5. The summed E-state index contributed by atoms with van der Waals surface area (Å²) in [5.74, 6) is 0.583. The molecule has 1 aliphatic heterocycles. The van der Waals surface area contributed by atoms with Gasteiger partial charge in [-0.2, -0.15) is 0 Å². The molecule has 0 radical (unpaired) electrons. The van der Waals surface area contributed by atoms with E-state index in [0.717, 1.165) is 16.0 Å². The van der Waals surface area contributed by atoms with Gasteiger partial charge in [-0.1, -0.05) is 36.4 Å². The van der Waals surface area contributed by atoms with E-state index in [4.69, 9.17) is 9.47 Å². The molecule has 0 aliphatic carbocycles. The summed E-state index contributed by atoms with van der Waals surface area (Å²) in [5, 5.41) is 5.42. The predicted molar refractivity (Wildman–Crippen MR) is 120 cm³/mol. The molecule has 0 saturated carbocycles. The van der Waals surface area contributed by atoms with E-state index >= 15 is 0 Å². The van der Waals surface area contributed by atoms with Gasteiger partial charge in [0.2, 0.25) is 5.91 Å². The molecule has 1 heterocycles. The van der Waals surface area contributed by atoms with Crippen LogP contribution in [0.4, 0.5) is 4.79 Å². The molecule has 1 unspecified atom stereocenters. The zero-order chi connectivity index (χ0) is 22.9. The summed E-state index contributed by atoms with van der Waals surface area (Å²) in [6.45, 7) is 4.96. The molecular formula is C24H29N3O5. The fourth-order valence-corrected chi connectivity index (χ4v) is 3.51. The zero-order valence-corrected chi connectivity index (χ0v) is 18.4. The van der Waals surface area contributed by atoms with Gasteiger partial charge in [0.25, 0.3) is 5.91 Å². The van der Waals surface area contributed by atoms with E-state index in [-0.39, 0.29) is 18.4 Å². The second kappa shape index (κ2) is 11.2. The Labute approximate surface area is 187 Å². The number of amides is 4. The molecule has 0 spiro atoms. The Bertz CT molecular complexity index is 948. The molecule has 3 rings (SSSR count). The summed E-state index contributed by atoms with van der Waals surface area (Å²) in [7, 11) is 0. The van der Waals surface area contributed by atoms with Gasteiger partial charge < -0.3 is 20.1 Å². The molecule has 1 fully saturated rings. The van der Waals surface area contributed by atoms with Crippen molar-refractivity contribution >= 4 is 17.8 Å². The maximum Gasteiger partial charge on any atom is 0.325 e. The normalized spacial score (nSPS) is 15.4. The number of nitrogens with one attached hydrogen (secondary N) is 2. The monoisotopic (exact) mass is 439 g/mol. The van der Waals surface area contributed by atoms with Crippen LogP contribution in [0.15, 0.2) is 48.5 Å². The molecule has 0 bridgehead atoms. The second-order valence-electron chi connectivity index (χ2n) is 7.36. The third kappa shape index (κ3) is 6.00. The quantitative estimate of drug-likeness (QED) is 0.524. The lowest BCUT2D eigenvalue weighted by molar-refractivity contribution is -0.132. The molecule has 1 atom stereocenters. The van der Waals surface area contributed by atoms with Crippen molar-refractivity contribution < 1.29 is 23.9 Å². The minimum atomic E-state index is -0.654. The Morgan fingerprint density at radius 2 is 1.72 bits per heavy atom. The van der Waals surface area contributed by atoms with Gasteiger partial charge in [-0.25, -0.2) is 4.79 Å². The maximum atomic E-state index is 12.6. The molecule has 4 amide bonds. The molecule has 8 nitrogen and oxygen atoms in total. The van der Waals surface area contributed by atoms with Crippen molar-refractivity contribution in [3.05, 3.63) is 59.7 Å². The maximum absolute atomic E-state index is 12.6. The summed E-state index contributed by atoms with van der Waals surface area (Å²) in [6, 6.07) is 13.9. The van der Waals surface area contributed by atoms with E-state index in [0.29, 0.717) is 44.1 Å². The molecule has 32 heavy (non-hydrogen) atoms. The first-order valence-corrected chi connectivity index (χ1v) is 10.8. The first-order valence-electron chi connectivity index (χ1n) is 10.8. The Balaban J connectivity index is 1.49. The lowest BCUT2D eigenvalue weighted by Crippen LogP contribution is -2.41. The standard InChI is InChI=1S/C24H29N3O5/c1-3-31-20-11-10-18(15-21(20)32-4-2)12-13-25-22(28)16-27-23(29)19(26-24(27)30)14-17-8-6-5-7-9-17/h5-11,15,19H,3-4,12-14,16H2,1-2H3,(H,25,28)(H,26,30). The highest BCUT2D eigenvalue weighted by Gasteiger charge is 2.38. The van der Waals surface area contributed by atoms with E-state index in [1.165, 1.54) is 0 Å². The minimum absolute atomic E-state index is 0.302. The highest BCUT2D eigenvalue weighted by molar-refractivity contribution is 6.06. The Hall–Kier alpha value is -3.55. The van der Waals surface area contributed by atoms with Crippen molar-refractivity contribution in [1.82, 2.24) is 15.5 Å². The number of rotatable bonds is 11. The molecule has 0 aromatic heterocycles. The highest BCUT2D eigenvalue weighted by atomic mass is 16.5. The van der Waals surface area contributed by atoms with Gasteiger partial charge >= 0.3 is 6.03 Å². The van der Waals surface area contributed by atoms with Crippen LogP contribution in [0.25, 0.3) is 0 Å². The van der Waals surface area contributed by atoms with Gasteiger partial charge in [0.05, 0.1) is 13.2 Å². The fourth-order valence-electron chi connectivity index (χ4n) is 3.51. The summed E-state index contributed by atoms with van der Waals surface area (Å²) in [5.41, 5.74) is 1.93. The lowest BCUT2D eigenvalue weighted by atomic mass is 10.1.